The fourth-order valence-electron chi connectivity index (χ4n) is 1.60. The molecular formula is C10H20N4O3S. The highest BCUT2D eigenvalue weighted by Gasteiger charge is 2.21. The molecule has 7 nitrogen and oxygen atoms in total. The Labute approximate surface area is 107 Å². The Hall–Kier alpha value is -1.12. The molecule has 1 heterocycles. The van der Waals surface area contributed by atoms with Gasteiger partial charge in [0.25, 0.3) is 0 Å². The molecule has 1 aromatic rings. The molecule has 0 aromatic carbocycles. The van der Waals surface area contributed by atoms with Gasteiger partial charge in [-0.3, -0.25) is 4.68 Å². The first kappa shape index (κ1) is 14.9. The van der Waals surface area contributed by atoms with Crippen LogP contribution >= 0.6 is 0 Å². The summed E-state index contributed by atoms with van der Waals surface area (Å²) in [6.07, 6.45) is 1.15. The Kier molecular flexibility index (Phi) is 4.71. The highest BCUT2D eigenvalue weighted by Crippen LogP contribution is 2.15. The quantitative estimate of drug-likeness (QED) is 0.660. The lowest BCUT2D eigenvalue weighted by molar-refractivity contribution is 0.152. The third kappa shape index (κ3) is 3.97. The molecule has 18 heavy (non-hydrogen) atoms. The Balaban J connectivity index is 2.69. The standard InChI is InChI=1S/C10H20N4O3S/c1-7(2)4-8(15)5-12-18(16,17)9-6-14(3)13-10(9)11/h6-8,12,15H,4-5H2,1-3H3,(H2,11,13). The van der Waals surface area contributed by atoms with Crippen molar-refractivity contribution in [3.63, 3.8) is 0 Å². The van der Waals surface area contributed by atoms with Gasteiger partial charge in [0, 0.05) is 19.8 Å². The third-order valence-corrected chi connectivity index (χ3v) is 3.80. The summed E-state index contributed by atoms with van der Waals surface area (Å²) in [5, 5.41) is 13.4. The number of hydrogen-bond acceptors (Lipinski definition) is 5. The number of hydrogen-bond donors (Lipinski definition) is 3. The molecule has 1 rings (SSSR count). The Morgan fingerprint density at radius 1 is 1.56 bits per heavy atom. The highest BCUT2D eigenvalue weighted by molar-refractivity contribution is 7.89. The van der Waals surface area contributed by atoms with Crippen molar-refractivity contribution in [3.05, 3.63) is 6.20 Å². The lowest BCUT2D eigenvalue weighted by Gasteiger charge is -2.13. The zero-order chi connectivity index (χ0) is 13.9. The summed E-state index contributed by atoms with van der Waals surface area (Å²) in [4.78, 5) is -0.0678. The van der Waals surface area contributed by atoms with E-state index in [1.54, 1.807) is 7.05 Å². The van der Waals surface area contributed by atoms with E-state index in [-0.39, 0.29) is 17.3 Å². The van der Waals surface area contributed by atoms with Crippen LogP contribution in [0.25, 0.3) is 0 Å². The number of aromatic nitrogens is 2. The monoisotopic (exact) mass is 276 g/mol. The third-order valence-electron chi connectivity index (χ3n) is 2.36. The largest absolute Gasteiger partial charge is 0.392 e. The predicted octanol–water partition coefficient (Wildman–Crippen LogP) is -0.312. The first-order valence-electron chi connectivity index (χ1n) is 5.69. The van der Waals surface area contributed by atoms with E-state index in [2.05, 4.69) is 9.82 Å². The first-order valence-corrected chi connectivity index (χ1v) is 7.17. The van der Waals surface area contributed by atoms with Gasteiger partial charge in [-0.15, -0.1) is 0 Å². The van der Waals surface area contributed by atoms with Crippen molar-refractivity contribution in [1.82, 2.24) is 14.5 Å². The normalized spacial score (nSPS) is 14.1. The molecule has 0 aliphatic heterocycles. The van der Waals surface area contributed by atoms with Crippen molar-refractivity contribution in [2.24, 2.45) is 13.0 Å². The van der Waals surface area contributed by atoms with Crippen molar-refractivity contribution in [1.29, 1.82) is 0 Å². The van der Waals surface area contributed by atoms with Crippen LogP contribution in [-0.4, -0.2) is 36.0 Å². The van der Waals surface area contributed by atoms with Crippen LogP contribution in [0.4, 0.5) is 5.82 Å². The molecule has 1 aromatic heterocycles. The molecule has 4 N–H and O–H groups in total. The lowest BCUT2D eigenvalue weighted by atomic mass is 10.1. The molecule has 0 radical (unpaired) electrons. The molecule has 0 saturated carbocycles. The van der Waals surface area contributed by atoms with Gasteiger partial charge in [0.2, 0.25) is 10.0 Å². The average Bonchev–Trinajstić information content (AvgIpc) is 2.55. The molecule has 0 fully saturated rings. The molecule has 1 atom stereocenters. The minimum Gasteiger partial charge on any atom is -0.392 e. The zero-order valence-electron chi connectivity index (χ0n) is 10.8. The van der Waals surface area contributed by atoms with Crippen molar-refractivity contribution in [2.45, 2.75) is 31.3 Å². The second-order valence-electron chi connectivity index (χ2n) is 4.69. The summed E-state index contributed by atoms with van der Waals surface area (Å²) in [5.41, 5.74) is 5.50. The zero-order valence-corrected chi connectivity index (χ0v) is 11.6. The summed E-state index contributed by atoms with van der Waals surface area (Å²) >= 11 is 0. The number of nitrogens with one attached hydrogen (secondary N) is 1. The van der Waals surface area contributed by atoms with Gasteiger partial charge in [-0.1, -0.05) is 13.8 Å². The average molecular weight is 276 g/mol. The van der Waals surface area contributed by atoms with Crippen LogP contribution in [0.5, 0.6) is 0 Å². The van der Waals surface area contributed by atoms with Crippen molar-refractivity contribution in [2.75, 3.05) is 12.3 Å². The Morgan fingerprint density at radius 2 is 2.17 bits per heavy atom. The van der Waals surface area contributed by atoms with Gasteiger partial charge in [-0.25, -0.2) is 13.1 Å². The second kappa shape index (κ2) is 5.68. The fraction of sp³-hybridized carbons (Fsp3) is 0.700. The van der Waals surface area contributed by atoms with E-state index in [1.165, 1.54) is 10.9 Å². The van der Waals surface area contributed by atoms with Gasteiger partial charge in [0.1, 0.15) is 4.90 Å². The maximum atomic E-state index is 11.9. The van der Waals surface area contributed by atoms with E-state index in [0.717, 1.165) is 0 Å². The van der Waals surface area contributed by atoms with E-state index in [0.29, 0.717) is 12.3 Å². The van der Waals surface area contributed by atoms with Crippen molar-refractivity contribution < 1.29 is 13.5 Å². The van der Waals surface area contributed by atoms with E-state index in [4.69, 9.17) is 5.73 Å². The Morgan fingerprint density at radius 3 is 2.61 bits per heavy atom. The summed E-state index contributed by atoms with van der Waals surface area (Å²) in [6, 6.07) is 0. The van der Waals surface area contributed by atoms with Gasteiger partial charge in [-0.05, 0) is 12.3 Å². The number of sulfonamides is 1. The lowest BCUT2D eigenvalue weighted by Crippen LogP contribution is -2.33. The molecule has 0 spiro atoms. The van der Waals surface area contributed by atoms with Crippen LogP contribution in [0.3, 0.4) is 0 Å². The molecule has 8 heteroatoms. The van der Waals surface area contributed by atoms with E-state index in [1.807, 2.05) is 13.8 Å². The number of nitrogen functional groups attached to an aromatic ring is 1. The highest BCUT2D eigenvalue weighted by atomic mass is 32.2. The maximum absolute atomic E-state index is 11.9. The molecule has 0 amide bonds. The van der Waals surface area contributed by atoms with E-state index >= 15 is 0 Å². The van der Waals surface area contributed by atoms with Gasteiger partial charge in [-0.2, -0.15) is 5.10 Å². The Bertz CT molecular complexity index is 495. The second-order valence-corrected chi connectivity index (χ2v) is 6.42. The van der Waals surface area contributed by atoms with Crippen LogP contribution in [-0.2, 0) is 17.1 Å². The SMILES string of the molecule is CC(C)CC(O)CNS(=O)(=O)c1cn(C)nc1N. The van der Waals surface area contributed by atoms with E-state index < -0.39 is 16.1 Å². The molecular weight excluding hydrogens is 256 g/mol. The van der Waals surface area contributed by atoms with Gasteiger partial charge >= 0.3 is 0 Å². The van der Waals surface area contributed by atoms with Crippen LogP contribution in [0.2, 0.25) is 0 Å². The summed E-state index contributed by atoms with van der Waals surface area (Å²) < 4.78 is 27.5. The minimum absolute atomic E-state index is 0.0329. The molecule has 1 unspecified atom stereocenters. The van der Waals surface area contributed by atoms with Crippen LogP contribution in [0.1, 0.15) is 20.3 Å². The fourth-order valence-corrected chi connectivity index (χ4v) is 2.78. The van der Waals surface area contributed by atoms with Gasteiger partial charge < -0.3 is 10.8 Å². The van der Waals surface area contributed by atoms with Gasteiger partial charge in [0.15, 0.2) is 5.82 Å². The van der Waals surface area contributed by atoms with Crippen molar-refractivity contribution in [3.8, 4) is 0 Å². The number of nitrogens with zero attached hydrogens (tertiary/aromatic N) is 2. The molecule has 0 bridgehead atoms. The molecule has 104 valence electrons. The number of nitrogens with two attached hydrogens (primary N) is 1. The van der Waals surface area contributed by atoms with Gasteiger partial charge in [0.05, 0.1) is 6.10 Å². The first-order chi connectivity index (χ1) is 8.22. The minimum atomic E-state index is -3.72. The van der Waals surface area contributed by atoms with Crippen LogP contribution in [0, 0.1) is 5.92 Å². The summed E-state index contributed by atoms with van der Waals surface area (Å²) in [6.45, 7) is 3.88. The van der Waals surface area contributed by atoms with E-state index in [9.17, 15) is 13.5 Å². The molecule has 0 aliphatic carbocycles. The number of aliphatic hydroxyl groups excluding tert-OH is 1. The number of aryl methyl sites for hydroxylation is 1. The smallest absolute Gasteiger partial charge is 0.245 e. The number of rotatable bonds is 6. The predicted molar refractivity (Wildman–Crippen MR) is 68.3 cm³/mol. The topological polar surface area (TPSA) is 110 Å². The molecule has 0 saturated heterocycles. The number of aliphatic hydroxyl groups is 1. The van der Waals surface area contributed by atoms with Crippen LogP contribution in [0.15, 0.2) is 11.1 Å². The summed E-state index contributed by atoms with van der Waals surface area (Å²) in [7, 11) is -2.13. The number of anilines is 1. The summed E-state index contributed by atoms with van der Waals surface area (Å²) in [5.74, 6) is 0.247. The van der Waals surface area contributed by atoms with Crippen LogP contribution < -0.4 is 10.5 Å². The van der Waals surface area contributed by atoms with Crippen molar-refractivity contribution >= 4 is 15.8 Å². The maximum Gasteiger partial charge on any atom is 0.245 e. The molecule has 0 aliphatic rings.